The molecule has 1 amide bonds. The first-order chi connectivity index (χ1) is 15.9. The zero-order chi connectivity index (χ0) is 23.5. The smallest absolute Gasteiger partial charge is 0.295 e. The monoisotopic (exact) mass is 463 g/mol. The highest BCUT2D eigenvalue weighted by molar-refractivity contribution is 7.99. The SMILES string of the molecule is Cc1c(NC(=O)CSc2nc3ccccc3n2CCC(C)C)c(=O)n(-c2ccccc2)n1C. The summed E-state index contributed by atoms with van der Waals surface area (Å²) in [6.45, 7) is 7.07. The van der Waals surface area contributed by atoms with Crippen LogP contribution in [0.2, 0.25) is 0 Å². The second-order valence-electron chi connectivity index (χ2n) is 8.49. The summed E-state index contributed by atoms with van der Waals surface area (Å²) >= 11 is 1.40. The molecule has 0 spiro atoms. The number of carbonyl (C=O) groups excluding carboxylic acids is 1. The number of nitrogens with one attached hydrogen (secondary N) is 1. The number of hydrogen-bond donors (Lipinski definition) is 1. The molecule has 4 aromatic rings. The average molecular weight is 464 g/mol. The van der Waals surface area contributed by atoms with E-state index in [1.165, 1.54) is 11.8 Å². The highest BCUT2D eigenvalue weighted by Crippen LogP contribution is 2.25. The number of aryl methyl sites for hydroxylation is 1. The standard InChI is InChI=1S/C25H29N5O2S/c1-17(2)14-15-29-21-13-9-8-12-20(21)26-25(29)33-16-22(31)27-23-18(3)28(4)30(24(23)32)19-10-6-5-7-11-19/h5-13,17H,14-16H2,1-4H3,(H,27,31). The van der Waals surface area contributed by atoms with Gasteiger partial charge in [0.15, 0.2) is 5.16 Å². The van der Waals surface area contributed by atoms with E-state index < -0.39 is 0 Å². The molecular formula is C25H29N5O2S. The maximum absolute atomic E-state index is 13.0. The van der Waals surface area contributed by atoms with Crippen LogP contribution in [-0.2, 0) is 18.4 Å². The first kappa shape index (κ1) is 22.9. The number of aromatic nitrogens is 4. The van der Waals surface area contributed by atoms with E-state index in [4.69, 9.17) is 4.98 Å². The molecule has 0 aliphatic heterocycles. The molecule has 1 N–H and O–H groups in total. The van der Waals surface area contributed by atoms with E-state index in [2.05, 4.69) is 29.8 Å². The Morgan fingerprint density at radius 1 is 1.09 bits per heavy atom. The first-order valence-corrected chi connectivity index (χ1v) is 12.1. The molecule has 8 heteroatoms. The Labute approximate surface area is 197 Å². The quantitative estimate of drug-likeness (QED) is 0.387. The van der Waals surface area contributed by atoms with Crippen LogP contribution in [-0.4, -0.2) is 30.6 Å². The Kier molecular flexibility index (Phi) is 6.74. The minimum absolute atomic E-state index is 0.171. The second-order valence-corrected chi connectivity index (χ2v) is 9.43. The molecule has 0 bridgehead atoms. The maximum Gasteiger partial charge on any atom is 0.295 e. The van der Waals surface area contributed by atoms with Crippen LogP contribution in [0.4, 0.5) is 5.69 Å². The van der Waals surface area contributed by atoms with Crippen molar-refractivity contribution in [3.8, 4) is 5.69 Å². The van der Waals surface area contributed by atoms with Crippen LogP contribution in [0.25, 0.3) is 16.7 Å². The van der Waals surface area contributed by atoms with Gasteiger partial charge in [-0.3, -0.25) is 14.3 Å². The summed E-state index contributed by atoms with van der Waals surface area (Å²) in [5.41, 5.74) is 3.51. The van der Waals surface area contributed by atoms with Crippen LogP contribution < -0.4 is 10.9 Å². The van der Waals surface area contributed by atoms with E-state index in [0.29, 0.717) is 17.3 Å². The molecular weight excluding hydrogens is 434 g/mol. The lowest BCUT2D eigenvalue weighted by Gasteiger charge is -2.10. The summed E-state index contributed by atoms with van der Waals surface area (Å²) in [6.07, 6.45) is 1.03. The van der Waals surface area contributed by atoms with E-state index in [0.717, 1.165) is 34.8 Å². The molecule has 0 fully saturated rings. The van der Waals surface area contributed by atoms with E-state index in [9.17, 15) is 9.59 Å². The molecule has 0 radical (unpaired) electrons. The number of imidazole rings is 1. The summed E-state index contributed by atoms with van der Waals surface area (Å²) < 4.78 is 5.50. The Morgan fingerprint density at radius 3 is 2.52 bits per heavy atom. The van der Waals surface area contributed by atoms with Crippen LogP contribution in [0.5, 0.6) is 0 Å². The number of benzene rings is 2. The number of hydrogen-bond acceptors (Lipinski definition) is 4. The van der Waals surface area contributed by atoms with Crippen LogP contribution in [0, 0.1) is 12.8 Å². The van der Waals surface area contributed by atoms with Crippen molar-refractivity contribution in [2.45, 2.75) is 38.9 Å². The van der Waals surface area contributed by atoms with E-state index in [1.54, 1.807) is 9.36 Å². The number of thioether (sulfide) groups is 1. The molecule has 0 unspecified atom stereocenters. The average Bonchev–Trinajstić information content (AvgIpc) is 3.26. The fraction of sp³-hybridized carbons (Fsp3) is 0.320. The van der Waals surface area contributed by atoms with Gasteiger partial charge in [-0.1, -0.05) is 55.9 Å². The topological polar surface area (TPSA) is 73.8 Å². The maximum atomic E-state index is 13.0. The summed E-state index contributed by atoms with van der Waals surface area (Å²) in [5.74, 6) is 0.512. The summed E-state index contributed by atoms with van der Waals surface area (Å²) in [7, 11) is 1.81. The van der Waals surface area contributed by atoms with Gasteiger partial charge in [-0.2, -0.15) is 0 Å². The van der Waals surface area contributed by atoms with E-state index in [1.807, 2.05) is 62.5 Å². The predicted molar refractivity (Wildman–Crippen MR) is 134 cm³/mol. The lowest BCUT2D eigenvalue weighted by molar-refractivity contribution is -0.113. The third-order valence-electron chi connectivity index (χ3n) is 5.70. The lowest BCUT2D eigenvalue weighted by atomic mass is 10.1. The van der Waals surface area contributed by atoms with Gasteiger partial charge in [0.1, 0.15) is 5.69 Å². The number of rotatable bonds is 8. The Bertz CT molecular complexity index is 1330. The van der Waals surface area contributed by atoms with Gasteiger partial charge in [0.25, 0.3) is 5.56 Å². The number of fused-ring (bicyclic) bond motifs is 1. The Morgan fingerprint density at radius 2 is 1.79 bits per heavy atom. The number of amides is 1. The van der Waals surface area contributed by atoms with Crippen LogP contribution in [0.15, 0.2) is 64.5 Å². The minimum Gasteiger partial charge on any atom is -0.319 e. The van der Waals surface area contributed by atoms with Crippen molar-refractivity contribution >= 4 is 34.4 Å². The number of anilines is 1. The molecule has 0 saturated heterocycles. The van der Waals surface area contributed by atoms with Crippen molar-refractivity contribution in [1.82, 2.24) is 18.9 Å². The number of carbonyl (C=O) groups is 1. The molecule has 2 aromatic heterocycles. The third-order valence-corrected chi connectivity index (χ3v) is 6.68. The van der Waals surface area contributed by atoms with Crippen molar-refractivity contribution < 1.29 is 4.79 Å². The van der Waals surface area contributed by atoms with Crippen molar-refractivity contribution in [3.63, 3.8) is 0 Å². The van der Waals surface area contributed by atoms with Gasteiger partial charge in [0.2, 0.25) is 5.91 Å². The molecule has 2 heterocycles. The molecule has 0 saturated carbocycles. The molecule has 33 heavy (non-hydrogen) atoms. The zero-order valence-corrected chi connectivity index (χ0v) is 20.2. The Balaban J connectivity index is 1.53. The van der Waals surface area contributed by atoms with Gasteiger partial charge >= 0.3 is 0 Å². The lowest BCUT2D eigenvalue weighted by Crippen LogP contribution is -2.23. The second kappa shape index (κ2) is 9.70. The summed E-state index contributed by atoms with van der Waals surface area (Å²) in [4.78, 5) is 30.6. The number of para-hydroxylation sites is 3. The molecule has 2 aromatic carbocycles. The van der Waals surface area contributed by atoms with Crippen molar-refractivity contribution in [3.05, 3.63) is 70.6 Å². The van der Waals surface area contributed by atoms with Crippen molar-refractivity contribution in [2.75, 3.05) is 11.1 Å². The van der Waals surface area contributed by atoms with Gasteiger partial charge in [-0.05, 0) is 43.5 Å². The van der Waals surface area contributed by atoms with Crippen LogP contribution in [0.1, 0.15) is 26.0 Å². The van der Waals surface area contributed by atoms with Gasteiger partial charge in [0.05, 0.1) is 28.2 Å². The van der Waals surface area contributed by atoms with Gasteiger partial charge in [-0.25, -0.2) is 9.67 Å². The zero-order valence-electron chi connectivity index (χ0n) is 19.4. The van der Waals surface area contributed by atoms with E-state index in [-0.39, 0.29) is 17.2 Å². The molecule has 172 valence electrons. The normalized spacial score (nSPS) is 11.4. The van der Waals surface area contributed by atoms with Crippen LogP contribution >= 0.6 is 11.8 Å². The summed E-state index contributed by atoms with van der Waals surface area (Å²) in [6, 6.07) is 17.4. The molecule has 0 aliphatic carbocycles. The molecule has 0 atom stereocenters. The summed E-state index contributed by atoms with van der Waals surface area (Å²) in [5, 5.41) is 3.65. The highest BCUT2D eigenvalue weighted by Gasteiger charge is 2.19. The number of nitrogens with zero attached hydrogens (tertiary/aromatic N) is 4. The Hall–Kier alpha value is -3.26. The largest absolute Gasteiger partial charge is 0.319 e. The molecule has 7 nitrogen and oxygen atoms in total. The van der Waals surface area contributed by atoms with Gasteiger partial charge in [0, 0.05) is 13.6 Å². The van der Waals surface area contributed by atoms with Crippen molar-refractivity contribution in [2.24, 2.45) is 13.0 Å². The fourth-order valence-electron chi connectivity index (χ4n) is 3.78. The fourth-order valence-corrected chi connectivity index (χ4v) is 4.63. The molecule has 0 aliphatic rings. The first-order valence-electron chi connectivity index (χ1n) is 11.1. The molecule has 4 rings (SSSR count). The van der Waals surface area contributed by atoms with Crippen LogP contribution in [0.3, 0.4) is 0 Å². The van der Waals surface area contributed by atoms with Gasteiger partial charge < -0.3 is 9.88 Å². The van der Waals surface area contributed by atoms with Gasteiger partial charge in [-0.15, -0.1) is 0 Å². The van der Waals surface area contributed by atoms with E-state index >= 15 is 0 Å². The minimum atomic E-state index is -0.247. The van der Waals surface area contributed by atoms with Crippen molar-refractivity contribution in [1.29, 1.82) is 0 Å². The predicted octanol–water partition coefficient (Wildman–Crippen LogP) is 4.61. The highest BCUT2D eigenvalue weighted by atomic mass is 32.2. The third kappa shape index (κ3) is 4.75.